The predicted molar refractivity (Wildman–Crippen MR) is 73.1 cm³/mol. The molecule has 0 aliphatic carbocycles. The van der Waals surface area contributed by atoms with Gasteiger partial charge in [0.05, 0.1) is 6.42 Å². The summed E-state index contributed by atoms with van der Waals surface area (Å²) in [6.07, 6.45) is 5.59. The molecule has 1 aliphatic heterocycles. The van der Waals surface area contributed by atoms with Crippen molar-refractivity contribution < 1.29 is 4.79 Å². The Morgan fingerprint density at radius 1 is 1.17 bits per heavy atom. The highest BCUT2D eigenvalue weighted by Gasteiger charge is 2.10. The molecule has 0 bridgehead atoms. The summed E-state index contributed by atoms with van der Waals surface area (Å²) < 4.78 is 0. The molecule has 0 saturated carbocycles. The first kappa shape index (κ1) is 13.1. The number of hydrogen-bond donors (Lipinski definition) is 1. The Morgan fingerprint density at radius 3 is 2.61 bits per heavy atom. The second-order valence-electron chi connectivity index (χ2n) is 4.75. The molecule has 1 radical (unpaired) electrons. The lowest BCUT2D eigenvalue weighted by molar-refractivity contribution is -0.117. The molecule has 1 aliphatic rings. The van der Waals surface area contributed by atoms with Crippen molar-refractivity contribution in [1.29, 1.82) is 0 Å². The fourth-order valence-electron chi connectivity index (χ4n) is 2.27. The third kappa shape index (κ3) is 4.49. The molecule has 0 spiro atoms. The molecule has 1 N–H and O–H groups in total. The lowest BCUT2D eigenvalue weighted by Crippen LogP contribution is -2.37. The Balaban J connectivity index is 1.62. The molecule has 1 aromatic carbocycles. The quantitative estimate of drug-likeness (QED) is 0.858. The van der Waals surface area contributed by atoms with E-state index in [1.807, 2.05) is 30.3 Å². The monoisotopic (exact) mass is 245 g/mol. The summed E-state index contributed by atoms with van der Waals surface area (Å²) in [6, 6.07) is 9.69. The third-order valence-corrected chi connectivity index (χ3v) is 3.27. The predicted octanol–water partition coefficient (Wildman–Crippen LogP) is 1.84. The van der Waals surface area contributed by atoms with Crippen LogP contribution in [0.25, 0.3) is 0 Å². The summed E-state index contributed by atoms with van der Waals surface area (Å²) in [7, 11) is 0. The number of carbonyl (C=O) groups is 1. The van der Waals surface area contributed by atoms with Gasteiger partial charge in [-0.05, 0) is 31.5 Å². The zero-order valence-electron chi connectivity index (χ0n) is 10.8. The highest BCUT2D eigenvalue weighted by atomic mass is 16.1. The molecule has 0 aromatic heterocycles. The zero-order chi connectivity index (χ0) is 12.6. The highest BCUT2D eigenvalue weighted by molar-refractivity contribution is 5.88. The molecule has 1 aromatic rings. The van der Waals surface area contributed by atoms with Crippen molar-refractivity contribution in [2.45, 2.75) is 19.3 Å². The summed E-state index contributed by atoms with van der Waals surface area (Å²) in [4.78, 5) is 14.1. The summed E-state index contributed by atoms with van der Waals surface area (Å²) in [6.45, 7) is 4.06. The van der Waals surface area contributed by atoms with E-state index in [2.05, 4.69) is 10.2 Å². The van der Waals surface area contributed by atoms with E-state index in [1.54, 1.807) is 6.42 Å². The lowest BCUT2D eigenvalue weighted by Gasteiger charge is -2.26. The Labute approximate surface area is 109 Å². The molecular weight excluding hydrogens is 224 g/mol. The van der Waals surface area contributed by atoms with Gasteiger partial charge in [0.25, 0.3) is 0 Å². The molecule has 18 heavy (non-hydrogen) atoms. The molecule has 0 atom stereocenters. The summed E-state index contributed by atoms with van der Waals surface area (Å²) in [5.74, 6) is -0.00166. The van der Waals surface area contributed by atoms with Crippen molar-refractivity contribution in [2.24, 2.45) is 0 Å². The molecule has 3 heteroatoms. The first-order valence-electron chi connectivity index (χ1n) is 6.74. The number of nitrogens with zero attached hydrogens (tertiary/aromatic N) is 1. The van der Waals surface area contributed by atoms with Gasteiger partial charge in [0.1, 0.15) is 0 Å². The largest absolute Gasteiger partial charge is 0.354 e. The van der Waals surface area contributed by atoms with Crippen molar-refractivity contribution >= 4 is 5.91 Å². The molecule has 1 fully saturated rings. The van der Waals surface area contributed by atoms with Crippen molar-refractivity contribution in [3.05, 3.63) is 42.3 Å². The van der Waals surface area contributed by atoms with Crippen molar-refractivity contribution in [2.75, 3.05) is 26.2 Å². The van der Waals surface area contributed by atoms with Gasteiger partial charge < -0.3 is 10.2 Å². The average Bonchev–Trinajstić information content (AvgIpc) is 2.41. The highest BCUT2D eigenvalue weighted by Crippen LogP contribution is 2.07. The first-order valence-corrected chi connectivity index (χ1v) is 6.74. The van der Waals surface area contributed by atoms with E-state index in [9.17, 15) is 4.79 Å². The fraction of sp³-hybridized carbons (Fsp3) is 0.467. The summed E-state index contributed by atoms with van der Waals surface area (Å²) >= 11 is 0. The Morgan fingerprint density at radius 2 is 1.89 bits per heavy atom. The molecule has 2 rings (SSSR count). The second kappa shape index (κ2) is 7.17. The van der Waals surface area contributed by atoms with Crippen molar-refractivity contribution in [3.63, 3.8) is 0 Å². The van der Waals surface area contributed by atoms with Gasteiger partial charge in [0, 0.05) is 13.1 Å². The van der Waals surface area contributed by atoms with Gasteiger partial charge in [-0.1, -0.05) is 36.8 Å². The minimum atomic E-state index is -0.00166. The fourth-order valence-corrected chi connectivity index (χ4v) is 2.27. The van der Waals surface area contributed by atoms with E-state index in [0.717, 1.165) is 18.7 Å². The maximum absolute atomic E-state index is 11.7. The maximum Gasteiger partial charge on any atom is 0.228 e. The molecule has 1 amide bonds. The third-order valence-electron chi connectivity index (χ3n) is 3.27. The molecule has 1 heterocycles. The van der Waals surface area contributed by atoms with Crippen LogP contribution in [0, 0.1) is 6.42 Å². The Hall–Kier alpha value is -1.35. The van der Waals surface area contributed by atoms with E-state index in [-0.39, 0.29) is 5.91 Å². The number of nitrogens with one attached hydrogen (secondary N) is 1. The number of amides is 1. The maximum atomic E-state index is 11.7. The normalized spacial score (nSPS) is 16.4. The minimum Gasteiger partial charge on any atom is -0.354 e. The van der Waals surface area contributed by atoms with Crippen LogP contribution in [0.2, 0.25) is 0 Å². The standard InChI is InChI=1S/C15H21N2O/c18-15(13-14-7-3-1-4-8-14)16-9-12-17-10-5-2-6-11-17/h1,3-4,7-8,13H,2,5-6,9-12H2,(H,16,18). The minimum absolute atomic E-state index is 0.00166. The van der Waals surface area contributed by atoms with Gasteiger partial charge in [0.2, 0.25) is 5.91 Å². The van der Waals surface area contributed by atoms with Crippen LogP contribution in [0.1, 0.15) is 24.8 Å². The van der Waals surface area contributed by atoms with Crippen molar-refractivity contribution in [3.8, 4) is 0 Å². The molecule has 1 saturated heterocycles. The van der Waals surface area contributed by atoms with Crippen LogP contribution in [0.5, 0.6) is 0 Å². The number of likely N-dealkylation sites (tertiary alicyclic amines) is 1. The van der Waals surface area contributed by atoms with Gasteiger partial charge in [-0.2, -0.15) is 0 Å². The molecule has 3 nitrogen and oxygen atoms in total. The van der Waals surface area contributed by atoms with Crippen LogP contribution in [0.4, 0.5) is 0 Å². The summed E-state index contributed by atoms with van der Waals surface area (Å²) in [5.41, 5.74) is 0.952. The molecule has 0 unspecified atom stereocenters. The average molecular weight is 245 g/mol. The van der Waals surface area contributed by atoms with Crippen LogP contribution in [-0.2, 0) is 4.79 Å². The van der Waals surface area contributed by atoms with E-state index in [4.69, 9.17) is 0 Å². The number of hydrogen-bond acceptors (Lipinski definition) is 2. The van der Waals surface area contributed by atoms with E-state index < -0.39 is 0 Å². The summed E-state index contributed by atoms with van der Waals surface area (Å²) in [5, 5.41) is 2.94. The lowest BCUT2D eigenvalue weighted by atomic mass is 10.1. The van der Waals surface area contributed by atoms with Gasteiger partial charge in [-0.15, -0.1) is 0 Å². The number of carbonyl (C=O) groups excluding carboxylic acids is 1. The first-order chi connectivity index (χ1) is 8.84. The van der Waals surface area contributed by atoms with Crippen LogP contribution in [0.3, 0.4) is 0 Å². The van der Waals surface area contributed by atoms with Crippen LogP contribution in [0.15, 0.2) is 30.3 Å². The molecular formula is C15H21N2O. The second-order valence-corrected chi connectivity index (χ2v) is 4.75. The van der Waals surface area contributed by atoms with E-state index in [0.29, 0.717) is 0 Å². The molecule has 97 valence electrons. The van der Waals surface area contributed by atoms with Gasteiger partial charge in [0.15, 0.2) is 0 Å². The van der Waals surface area contributed by atoms with Gasteiger partial charge >= 0.3 is 0 Å². The number of benzene rings is 1. The Kier molecular flexibility index (Phi) is 5.21. The van der Waals surface area contributed by atoms with Gasteiger partial charge in [-0.3, -0.25) is 4.79 Å². The topological polar surface area (TPSA) is 32.3 Å². The van der Waals surface area contributed by atoms with Crippen molar-refractivity contribution in [1.82, 2.24) is 10.2 Å². The van der Waals surface area contributed by atoms with E-state index >= 15 is 0 Å². The smallest absolute Gasteiger partial charge is 0.228 e. The van der Waals surface area contributed by atoms with Crippen LogP contribution in [-0.4, -0.2) is 37.0 Å². The number of piperidine rings is 1. The SMILES string of the molecule is O=C([CH]c1ccccc1)NCCN1CCCCC1. The van der Waals surface area contributed by atoms with E-state index in [1.165, 1.54) is 32.4 Å². The Bertz CT molecular complexity index is 358. The van der Waals surface area contributed by atoms with Crippen LogP contribution >= 0.6 is 0 Å². The zero-order valence-corrected chi connectivity index (χ0v) is 10.8. The van der Waals surface area contributed by atoms with Gasteiger partial charge in [-0.25, -0.2) is 0 Å². The number of rotatable bonds is 5. The van der Waals surface area contributed by atoms with Crippen LogP contribution < -0.4 is 5.32 Å².